The van der Waals surface area contributed by atoms with E-state index in [9.17, 15) is 17.6 Å². The van der Waals surface area contributed by atoms with E-state index >= 15 is 0 Å². The van der Waals surface area contributed by atoms with Crippen LogP contribution >= 0.6 is 11.6 Å². The largest absolute Gasteiger partial charge is 0.330 e. The molecule has 0 radical (unpaired) electrons. The summed E-state index contributed by atoms with van der Waals surface area (Å²) in [5, 5.41) is 0.587. The molecule has 4 nitrogen and oxygen atoms in total. The lowest BCUT2D eigenvalue weighted by atomic mass is 10.1. The zero-order chi connectivity index (χ0) is 18.0. The topological polar surface area (TPSA) is 54.5 Å². The Hall–Kier alpha value is -1.92. The van der Waals surface area contributed by atoms with Crippen LogP contribution in [-0.4, -0.2) is 36.8 Å². The van der Waals surface area contributed by atoms with Gasteiger partial charge in [-0.2, -0.15) is 0 Å². The molecular formula is C18H17ClFNO3S. The standard InChI is InChI=1S/C18H17ClFNO3S/c19-15-5-1-13(2-6-15)11-21(17-9-10-25(23,24)12-17)18(22)14-3-7-16(20)8-4-14/h1-8,17H,9-12H2. The third-order valence-corrected chi connectivity index (χ3v) is 6.27. The van der Waals surface area contributed by atoms with Crippen molar-refractivity contribution in [1.82, 2.24) is 4.90 Å². The molecule has 0 aromatic heterocycles. The summed E-state index contributed by atoms with van der Waals surface area (Å²) in [6.45, 7) is 0.271. The minimum absolute atomic E-state index is 0.0481. The molecule has 0 N–H and O–H groups in total. The Morgan fingerprint density at radius 3 is 2.32 bits per heavy atom. The van der Waals surface area contributed by atoms with E-state index in [2.05, 4.69) is 0 Å². The second-order valence-electron chi connectivity index (χ2n) is 6.12. The van der Waals surface area contributed by atoms with E-state index in [0.717, 1.165) is 5.56 Å². The van der Waals surface area contributed by atoms with E-state index in [1.54, 1.807) is 29.2 Å². The lowest BCUT2D eigenvalue weighted by molar-refractivity contribution is 0.0681. The first-order chi connectivity index (χ1) is 11.8. The monoisotopic (exact) mass is 381 g/mol. The normalized spacial score (nSPS) is 18.9. The smallest absolute Gasteiger partial charge is 0.254 e. The van der Waals surface area contributed by atoms with Crippen molar-refractivity contribution < 1.29 is 17.6 Å². The van der Waals surface area contributed by atoms with Crippen LogP contribution in [-0.2, 0) is 16.4 Å². The summed E-state index contributed by atoms with van der Waals surface area (Å²) in [5.74, 6) is -0.708. The van der Waals surface area contributed by atoms with Crippen molar-refractivity contribution in [3.63, 3.8) is 0 Å². The van der Waals surface area contributed by atoms with E-state index in [-0.39, 0.29) is 24.0 Å². The van der Waals surface area contributed by atoms with Gasteiger partial charge in [0.1, 0.15) is 5.82 Å². The molecular weight excluding hydrogens is 365 g/mol. The van der Waals surface area contributed by atoms with Gasteiger partial charge in [0.25, 0.3) is 5.91 Å². The summed E-state index contributed by atoms with van der Waals surface area (Å²) < 4.78 is 36.8. The quantitative estimate of drug-likeness (QED) is 0.816. The van der Waals surface area contributed by atoms with Crippen LogP contribution in [0.2, 0.25) is 5.02 Å². The highest BCUT2D eigenvalue weighted by atomic mass is 35.5. The van der Waals surface area contributed by atoms with E-state index in [4.69, 9.17) is 11.6 Å². The van der Waals surface area contributed by atoms with Gasteiger partial charge in [0.15, 0.2) is 9.84 Å². The Morgan fingerprint density at radius 1 is 1.12 bits per heavy atom. The van der Waals surface area contributed by atoms with Gasteiger partial charge in [0, 0.05) is 23.2 Å². The summed E-state index contributed by atoms with van der Waals surface area (Å²) >= 11 is 5.89. The van der Waals surface area contributed by atoms with E-state index in [1.165, 1.54) is 24.3 Å². The highest BCUT2D eigenvalue weighted by molar-refractivity contribution is 7.91. The number of benzene rings is 2. The summed E-state index contributed by atoms with van der Waals surface area (Å²) in [5.41, 5.74) is 1.18. The number of amides is 1. The van der Waals surface area contributed by atoms with Gasteiger partial charge in [-0.1, -0.05) is 23.7 Å². The molecule has 1 aliphatic heterocycles. The first-order valence-electron chi connectivity index (χ1n) is 7.85. The van der Waals surface area contributed by atoms with Crippen molar-refractivity contribution in [3.8, 4) is 0 Å². The molecule has 0 aliphatic carbocycles. The van der Waals surface area contributed by atoms with Crippen molar-refractivity contribution in [2.75, 3.05) is 11.5 Å². The number of hydrogen-bond acceptors (Lipinski definition) is 3. The average Bonchev–Trinajstić information content (AvgIpc) is 2.94. The Balaban J connectivity index is 1.89. The van der Waals surface area contributed by atoms with Crippen LogP contribution in [0.5, 0.6) is 0 Å². The number of sulfone groups is 1. The van der Waals surface area contributed by atoms with Gasteiger partial charge in [0.2, 0.25) is 0 Å². The average molecular weight is 382 g/mol. The molecule has 132 valence electrons. The number of nitrogens with zero attached hydrogens (tertiary/aromatic N) is 1. The van der Waals surface area contributed by atoms with Crippen LogP contribution in [0.15, 0.2) is 48.5 Å². The van der Waals surface area contributed by atoms with Gasteiger partial charge in [0.05, 0.1) is 11.5 Å². The number of rotatable bonds is 4. The molecule has 2 aromatic rings. The second kappa shape index (κ2) is 7.14. The van der Waals surface area contributed by atoms with Crippen LogP contribution in [0.3, 0.4) is 0 Å². The fraction of sp³-hybridized carbons (Fsp3) is 0.278. The molecule has 0 bridgehead atoms. The number of carbonyl (C=O) groups excluding carboxylic acids is 1. The predicted octanol–water partition coefficient (Wildman–Crippen LogP) is 3.31. The molecule has 1 aliphatic rings. The zero-order valence-electron chi connectivity index (χ0n) is 13.4. The first kappa shape index (κ1) is 17.9. The van der Waals surface area contributed by atoms with Gasteiger partial charge in [-0.05, 0) is 48.4 Å². The number of halogens is 2. The lowest BCUT2D eigenvalue weighted by Crippen LogP contribution is -2.40. The lowest BCUT2D eigenvalue weighted by Gasteiger charge is -2.28. The number of hydrogen-bond donors (Lipinski definition) is 0. The fourth-order valence-corrected chi connectivity index (χ4v) is 4.79. The van der Waals surface area contributed by atoms with Crippen molar-refractivity contribution in [1.29, 1.82) is 0 Å². The van der Waals surface area contributed by atoms with Gasteiger partial charge in [-0.3, -0.25) is 4.79 Å². The van der Waals surface area contributed by atoms with Crippen LogP contribution in [0.4, 0.5) is 4.39 Å². The summed E-state index contributed by atoms with van der Waals surface area (Å²) in [7, 11) is -3.14. The van der Waals surface area contributed by atoms with Gasteiger partial charge < -0.3 is 4.90 Å². The molecule has 1 saturated heterocycles. The fourth-order valence-electron chi connectivity index (χ4n) is 2.93. The molecule has 1 atom stereocenters. The number of carbonyl (C=O) groups is 1. The summed E-state index contributed by atoms with van der Waals surface area (Å²) in [6, 6.07) is 11.9. The molecule has 1 heterocycles. The van der Waals surface area contributed by atoms with Crippen LogP contribution < -0.4 is 0 Å². The third kappa shape index (κ3) is 4.38. The summed E-state index contributed by atoms with van der Waals surface area (Å²) in [4.78, 5) is 14.5. The zero-order valence-corrected chi connectivity index (χ0v) is 14.9. The second-order valence-corrected chi connectivity index (χ2v) is 8.79. The maximum absolute atomic E-state index is 13.1. The van der Waals surface area contributed by atoms with E-state index in [0.29, 0.717) is 17.0 Å². The van der Waals surface area contributed by atoms with E-state index in [1.807, 2.05) is 0 Å². The highest BCUT2D eigenvalue weighted by Crippen LogP contribution is 2.23. The van der Waals surface area contributed by atoms with Crippen molar-refractivity contribution in [2.24, 2.45) is 0 Å². The van der Waals surface area contributed by atoms with Crippen molar-refractivity contribution >= 4 is 27.3 Å². The predicted molar refractivity (Wildman–Crippen MR) is 94.8 cm³/mol. The van der Waals surface area contributed by atoms with Crippen LogP contribution in [0.1, 0.15) is 22.3 Å². The maximum atomic E-state index is 13.1. The van der Waals surface area contributed by atoms with Crippen molar-refractivity contribution in [3.05, 3.63) is 70.5 Å². The maximum Gasteiger partial charge on any atom is 0.254 e. The Labute approximate surface area is 151 Å². The Bertz CT molecular complexity index is 866. The van der Waals surface area contributed by atoms with Gasteiger partial charge in [-0.15, -0.1) is 0 Å². The Morgan fingerprint density at radius 2 is 1.76 bits per heavy atom. The molecule has 7 heteroatoms. The molecule has 0 spiro atoms. The van der Waals surface area contributed by atoms with Gasteiger partial charge in [-0.25, -0.2) is 12.8 Å². The molecule has 2 aromatic carbocycles. The molecule has 0 saturated carbocycles. The minimum atomic E-state index is -3.14. The minimum Gasteiger partial charge on any atom is -0.330 e. The first-order valence-corrected chi connectivity index (χ1v) is 10.1. The van der Waals surface area contributed by atoms with Crippen molar-refractivity contribution in [2.45, 2.75) is 19.0 Å². The molecule has 3 rings (SSSR count). The molecule has 1 amide bonds. The molecule has 1 fully saturated rings. The van der Waals surface area contributed by atoms with E-state index < -0.39 is 21.7 Å². The highest BCUT2D eigenvalue weighted by Gasteiger charge is 2.35. The van der Waals surface area contributed by atoms with Crippen LogP contribution in [0.25, 0.3) is 0 Å². The third-order valence-electron chi connectivity index (χ3n) is 4.27. The SMILES string of the molecule is O=C(c1ccc(F)cc1)N(Cc1ccc(Cl)cc1)C1CCS(=O)(=O)C1. The van der Waals surface area contributed by atoms with Crippen LogP contribution in [0, 0.1) is 5.82 Å². The van der Waals surface area contributed by atoms with Gasteiger partial charge >= 0.3 is 0 Å². The molecule has 1 unspecified atom stereocenters. The Kier molecular flexibility index (Phi) is 5.11. The summed E-state index contributed by atoms with van der Waals surface area (Å²) in [6.07, 6.45) is 0.406. The molecule has 25 heavy (non-hydrogen) atoms.